The molecule has 0 saturated heterocycles. The number of carbonyl (C=O) groups is 2. The number of ether oxygens (including phenoxy) is 1. The van der Waals surface area contributed by atoms with Gasteiger partial charge in [0.05, 0.1) is 23.4 Å². The third-order valence-corrected chi connectivity index (χ3v) is 4.64. The molecule has 0 fully saturated rings. The maximum absolute atomic E-state index is 12.3. The number of hydrogen-bond acceptors (Lipinski definition) is 5. The van der Waals surface area contributed by atoms with Gasteiger partial charge < -0.3 is 10.1 Å². The molecular formula is C18H22N2O3S. The van der Waals surface area contributed by atoms with E-state index in [9.17, 15) is 9.59 Å². The summed E-state index contributed by atoms with van der Waals surface area (Å²) in [7, 11) is 1.35. The molecule has 0 aliphatic rings. The number of thiazole rings is 1. The van der Waals surface area contributed by atoms with E-state index in [0.29, 0.717) is 22.9 Å². The van der Waals surface area contributed by atoms with Crippen molar-refractivity contribution in [2.75, 3.05) is 7.11 Å². The molecule has 24 heavy (non-hydrogen) atoms. The zero-order valence-electron chi connectivity index (χ0n) is 14.4. The van der Waals surface area contributed by atoms with Crippen LogP contribution in [0.3, 0.4) is 0 Å². The fraction of sp³-hybridized carbons (Fsp3) is 0.389. The number of amides is 1. The van der Waals surface area contributed by atoms with Crippen LogP contribution in [0.5, 0.6) is 0 Å². The van der Waals surface area contributed by atoms with Crippen LogP contribution in [-0.4, -0.2) is 24.0 Å². The molecule has 0 bridgehead atoms. The lowest BCUT2D eigenvalue weighted by Crippen LogP contribution is -2.22. The van der Waals surface area contributed by atoms with Crippen LogP contribution in [0, 0.1) is 12.8 Å². The van der Waals surface area contributed by atoms with E-state index >= 15 is 0 Å². The van der Waals surface area contributed by atoms with Crippen molar-refractivity contribution < 1.29 is 14.3 Å². The second-order valence-corrected chi connectivity index (χ2v) is 7.07. The molecule has 0 unspecified atom stereocenters. The molecule has 1 aromatic heterocycles. The van der Waals surface area contributed by atoms with Crippen molar-refractivity contribution in [3.05, 3.63) is 51.0 Å². The molecule has 1 heterocycles. The maximum Gasteiger partial charge on any atom is 0.337 e. The first-order valence-electron chi connectivity index (χ1n) is 7.82. The molecule has 1 amide bonds. The molecule has 0 radical (unpaired) electrons. The number of nitrogens with one attached hydrogen (secondary N) is 1. The summed E-state index contributed by atoms with van der Waals surface area (Å²) in [6.45, 7) is 6.53. The first-order valence-corrected chi connectivity index (χ1v) is 8.64. The number of esters is 1. The number of methoxy groups -OCH3 is 1. The molecule has 0 saturated carbocycles. The predicted octanol–water partition coefficient (Wildman–Crippen LogP) is 3.37. The van der Waals surface area contributed by atoms with Crippen molar-refractivity contribution in [1.82, 2.24) is 10.3 Å². The van der Waals surface area contributed by atoms with Gasteiger partial charge in [0.15, 0.2) is 0 Å². The number of carbonyl (C=O) groups excluding carboxylic acids is 2. The van der Waals surface area contributed by atoms with Gasteiger partial charge in [-0.05, 0) is 30.5 Å². The van der Waals surface area contributed by atoms with Crippen LogP contribution in [0.1, 0.15) is 50.1 Å². The molecule has 0 aliphatic heterocycles. The SMILES string of the molecule is COC(=O)c1ccc(CNC(=O)c2sc(CC(C)C)nc2C)cc1. The van der Waals surface area contributed by atoms with E-state index in [1.54, 1.807) is 24.3 Å². The van der Waals surface area contributed by atoms with Crippen molar-refractivity contribution in [3.63, 3.8) is 0 Å². The van der Waals surface area contributed by atoms with Crippen LogP contribution >= 0.6 is 11.3 Å². The smallest absolute Gasteiger partial charge is 0.337 e. The maximum atomic E-state index is 12.3. The number of nitrogens with zero attached hydrogens (tertiary/aromatic N) is 1. The summed E-state index contributed by atoms with van der Waals surface area (Å²) in [5.74, 6) is 0.0281. The van der Waals surface area contributed by atoms with E-state index in [1.807, 2.05) is 6.92 Å². The van der Waals surface area contributed by atoms with Crippen molar-refractivity contribution >= 4 is 23.2 Å². The van der Waals surface area contributed by atoms with E-state index in [0.717, 1.165) is 22.7 Å². The quantitative estimate of drug-likeness (QED) is 0.814. The van der Waals surface area contributed by atoms with E-state index in [1.165, 1.54) is 18.4 Å². The summed E-state index contributed by atoms with van der Waals surface area (Å²) in [5, 5.41) is 3.90. The Kier molecular flexibility index (Phi) is 6.09. The Morgan fingerprint density at radius 1 is 1.25 bits per heavy atom. The Bertz CT molecular complexity index is 720. The first-order chi connectivity index (χ1) is 11.4. The molecule has 6 heteroatoms. The highest BCUT2D eigenvalue weighted by Gasteiger charge is 2.15. The van der Waals surface area contributed by atoms with Gasteiger partial charge in [-0.2, -0.15) is 0 Å². The second-order valence-electron chi connectivity index (χ2n) is 5.99. The third-order valence-electron chi connectivity index (χ3n) is 3.46. The zero-order chi connectivity index (χ0) is 17.7. The Balaban J connectivity index is 1.98. The topological polar surface area (TPSA) is 68.3 Å². The Labute approximate surface area is 146 Å². The lowest BCUT2D eigenvalue weighted by molar-refractivity contribution is 0.0600. The fourth-order valence-electron chi connectivity index (χ4n) is 2.24. The van der Waals surface area contributed by atoms with Crippen LogP contribution in [0.4, 0.5) is 0 Å². The molecule has 0 spiro atoms. The summed E-state index contributed by atoms with van der Waals surface area (Å²) in [6.07, 6.45) is 0.883. The molecule has 2 rings (SSSR count). The van der Waals surface area contributed by atoms with E-state index in [4.69, 9.17) is 0 Å². The van der Waals surface area contributed by atoms with Crippen molar-refractivity contribution in [1.29, 1.82) is 0 Å². The van der Waals surface area contributed by atoms with E-state index in [2.05, 4.69) is 28.9 Å². The molecule has 5 nitrogen and oxygen atoms in total. The summed E-state index contributed by atoms with van der Waals surface area (Å²) in [4.78, 5) is 28.9. The van der Waals surface area contributed by atoms with Crippen molar-refractivity contribution in [2.24, 2.45) is 5.92 Å². The molecule has 0 aliphatic carbocycles. The van der Waals surface area contributed by atoms with Gasteiger partial charge in [-0.15, -0.1) is 11.3 Å². The molecule has 2 aromatic rings. The lowest BCUT2D eigenvalue weighted by atomic mass is 10.1. The number of aryl methyl sites for hydroxylation is 1. The number of benzene rings is 1. The summed E-state index contributed by atoms with van der Waals surface area (Å²) >= 11 is 1.46. The van der Waals surface area contributed by atoms with Gasteiger partial charge >= 0.3 is 5.97 Å². The van der Waals surface area contributed by atoms with Gasteiger partial charge in [0.1, 0.15) is 4.88 Å². The Morgan fingerprint density at radius 3 is 2.50 bits per heavy atom. The minimum absolute atomic E-state index is 0.114. The Morgan fingerprint density at radius 2 is 1.92 bits per heavy atom. The Hall–Kier alpha value is -2.21. The minimum Gasteiger partial charge on any atom is -0.465 e. The van der Waals surface area contributed by atoms with Crippen molar-refractivity contribution in [3.8, 4) is 0 Å². The number of hydrogen-bond donors (Lipinski definition) is 1. The van der Waals surface area contributed by atoms with Crippen molar-refractivity contribution in [2.45, 2.75) is 33.7 Å². The van der Waals surface area contributed by atoms with Gasteiger partial charge in [0.2, 0.25) is 0 Å². The molecule has 0 atom stereocenters. The molecule has 1 N–H and O–H groups in total. The van der Waals surface area contributed by atoms with Gasteiger partial charge in [0.25, 0.3) is 5.91 Å². The van der Waals surface area contributed by atoms with E-state index < -0.39 is 0 Å². The molecule has 128 valence electrons. The summed E-state index contributed by atoms with van der Waals surface area (Å²) in [6, 6.07) is 6.98. The fourth-order valence-corrected chi connectivity index (χ4v) is 3.43. The summed E-state index contributed by atoms with van der Waals surface area (Å²) in [5.41, 5.74) is 2.18. The van der Waals surface area contributed by atoms with Gasteiger partial charge in [-0.3, -0.25) is 4.79 Å². The monoisotopic (exact) mass is 346 g/mol. The van der Waals surface area contributed by atoms with Crippen LogP contribution in [0.15, 0.2) is 24.3 Å². The predicted molar refractivity (Wildman–Crippen MR) is 94.3 cm³/mol. The number of aromatic nitrogens is 1. The highest BCUT2D eigenvalue weighted by molar-refractivity contribution is 7.13. The molecule has 1 aromatic carbocycles. The summed E-state index contributed by atoms with van der Waals surface area (Å²) < 4.78 is 4.66. The van der Waals surface area contributed by atoms with Gasteiger partial charge in [-0.1, -0.05) is 26.0 Å². The third kappa shape index (κ3) is 4.64. The zero-order valence-corrected chi connectivity index (χ0v) is 15.2. The van der Waals surface area contributed by atoms with Crippen LogP contribution < -0.4 is 5.32 Å². The lowest BCUT2D eigenvalue weighted by Gasteiger charge is -2.05. The van der Waals surface area contributed by atoms with Crippen LogP contribution in [-0.2, 0) is 17.7 Å². The second kappa shape index (κ2) is 8.06. The molecular weight excluding hydrogens is 324 g/mol. The van der Waals surface area contributed by atoms with Crippen LogP contribution in [0.25, 0.3) is 0 Å². The van der Waals surface area contributed by atoms with E-state index in [-0.39, 0.29) is 11.9 Å². The minimum atomic E-state index is -0.372. The number of rotatable bonds is 6. The van der Waals surface area contributed by atoms with Crippen LogP contribution in [0.2, 0.25) is 0 Å². The van der Waals surface area contributed by atoms with Gasteiger partial charge in [0, 0.05) is 13.0 Å². The highest BCUT2D eigenvalue weighted by atomic mass is 32.1. The van der Waals surface area contributed by atoms with Gasteiger partial charge in [-0.25, -0.2) is 9.78 Å². The first kappa shape index (κ1) is 18.1. The standard InChI is InChI=1S/C18H22N2O3S/c1-11(2)9-15-20-12(3)16(24-15)17(21)19-10-13-5-7-14(8-6-13)18(22)23-4/h5-8,11H,9-10H2,1-4H3,(H,19,21). The highest BCUT2D eigenvalue weighted by Crippen LogP contribution is 2.20. The average Bonchev–Trinajstić information content (AvgIpc) is 2.92. The largest absolute Gasteiger partial charge is 0.465 e. The normalized spacial score (nSPS) is 10.7. The average molecular weight is 346 g/mol.